The average Bonchev–Trinajstić information content (AvgIpc) is 3.02. The number of aromatic nitrogens is 3. The first-order valence-corrected chi connectivity index (χ1v) is 8.53. The van der Waals surface area contributed by atoms with E-state index in [0.29, 0.717) is 6.04 Å². The van der Waals surface area contributed by atoms with Crippen molar-refractivity contribution in [3.8, 4) is 0 Å². The Kier molecular flexibility index (Phi) is 4.13. The van der Waals surface area contributed by atoms with Gasteiger partial charge in [-0.15, -0.1) is 10.2 Å². The van der Waals surface area contributed by atoms with Crippen molar-refractivity contribution in [3.05, 3.63) is 83.4 Å². The maximum Gasteiger partial charge on any atom is 0.147 e. The number of rotatable bonds is 4. The molecule has 4 heteroatoms. The molecule has 0 fully saturated rings. The lowest BCUT2D eigenvalue weighted by atomic mass is 9.97. The summed E-state index contributed by atoms with van der Waals surface area (Å²) in [4.78, 5) is 2.53. The van der Waals surface area contributed by atoms with Crippen LogP contribution in [-0.2, 0) is 19.5 Å². The monoisotopic (exact) mass is 318 g/mol. The molecule has 0 N–H and O–H groups in total. The summed E-state index contributed by atoms with van der Waals surface area (Å²) in [7, 11) is 0. The Morgan fingerprint density at radius 1 is 0.917 bits per heavy atom. The summed E-state index contributed by atoms with van der Waals surface area (Å²) in [6.45, 7) is 4.88. The van der Waals surface area contributed by atoms with Crippen LogP contribution in [-0.4, -0.2) is 26.2 Å². The molecule has 2 aromatic carbocycles. The Morgan fingerprint density at radius 2 is 1.62 bits per heavy atom. The molecule has 0 spiro atoms. The maximum atomic E-state index is 4.36. The van der Waals surface area contributed by atoms with Gasteiger partial charge in [-0.2, -0.15) is 0 Å². The van der Waals surface area contributed by atoms with Gasteiger partial charge in [0.2, 0.25) is 0 Å². The van der Waals surface area contributed by atoms with Gasteiger partial charge in [-0.3, -0.25) is 4.90 Å². The minimum atomic E-state index is 0.361. The minimum absolute atomic E-state index is 0.361. The van der Waals surface area contributed by atoms with E-state index < -0.39 is 0 Å². The molecule has 1 atom stereocenters. The van der Waals surface area contributed by atoms with Crippen LogP contribution in [0.2, 0.25) is 0 Å². The van der Waals surface area contributed by atoms with Gasteiger partial charge in [0.05, 0.1) is 6.54 Å². The summed E-state index contributed by atoms with van der Waals surface area (Å²) < 4.78 is 2.24. The smallest absolute Gasteiger partial charge is 0.147 e. The van der Waals surface area contributed by atoms with Crippen molar-refractivity contribution in [1.82, 2.24) is 19.7 Å². The highest BCUT2D eigenvalue weighted by molar-refractivity contribution is 5.24. The Labute approximate surface area is 142 Å². The van der Waals surface area contributed by atoms with Gasteiger partial charge in [-0.05, 0) is 24.5 Å². The number of nitrogens with zero attached hydrogens (tertiary/aromatic N) is 4. The number of hydrogen-bond donors (Lipinski definition) is 0. The predicted octanol–water partition coefficient (Wildman–Crippen LogP) is 3.39. The van der Waals surface area contributed by atoms with Crippen molar-refractivity contribution < 1.29 is 0 Å². The molecule has 3 aromatic rings. The van der Waals surface area contributed by atoms with E-state index in [2.05, 4.69) is 80.3 Å². The molecule has 122 valence electrons. The van der Waals surface area contributed by atoms with E-state index in [1.807, 2.05) is 6.92 Å². The van der Waals surface area contributed by atoms with Gasteiger partial charge in [0.15, 0.2) is 0 Å². The van der Waals surface area contributed by atoms with Gasteiger partial charge in [0, 0.05) is 19.1 Å². The summed E-state index contributed by atoms with van der Waals surface area (Å²) in [6.07, 6.45) is 1.01. The summed E-state index contributed by atoms with van der Waals surface area (Å²) in [5.41, 5.74) is 2.74. The molecule has 1 unspecified atom stereocenters. The minimum Gasteiger partial charge on any atom is -0.313 e. The number of aryl methyl sites for hydroxylation is 1. The predicted molar refractivity (Wildman–Crippen MR) is 94.5 cm³/mol. The zero-order chi connectivity index (χ0) is 16.4. The van der Waals surface area contributed by atoms with Crippen LogP contribution in [0.3, 0.4) is 0 Å². The van der Waals surface area contributed by atoms with Gasteiger partial charge in [-0.25, -0.2) is 0 Å². The molecule has 0 radical (unpaired) electrons. The van der Waals surface area contributed by atoms with Crippen molar-refractivity contribution in [3.63, 3.8) is 0 Å². The second-order valence-electron chi connectivity index (χ2n) is 6.40. The van der Waals surface area contributed by atoms with Crippen molar-refractivity contribution in [2.75, 3.05) is 6.54 Å². The molecule has 4 rings (SSSR count). The highest BCUT2D eigenvalue weighted by Crippen LogP contribution is 2.28. The SMILES string of the molecule is Cc1nnc2n1CCN(C(Cc1ccccc1)c1ccccc1)C2. The second kappa shape index (κ2) is 6.57. The topological polar surface area (TPSA) is 34.0 Å². The molecule has 1 aliphatic heterocycles. The third-order valence-electron chi connectivity index (χ3n) is 4.86. The maximum absolute atomic E-state index is 4.36. The largest absolute Gasteiger partial charge is 0.313 e. The number of fused-ring (bicyclic) bond motifs is 1. The van der Waals surface area contributed by atoms with Gasteiger partial charge >= 0.3 is 0 Å². The molecule has 4 nitrogen and oxygen atoms in total. The van der Waals surface area contributed by atoms with E-state index in [4.69, 9.17) is 0 Å². The lowest BCUT2D eigenvalue weighted by Crippen LogP contribution is -2.38. The third-order valence-corrected chi connectivity index (χ3v) is 4.86. The first kappa shape index (κ1) is 15.1. The third kappa shape index (κ3) is 2.97. The van der Waals surface area contributed by atoms with Crippen LogP contribution >= 0.6 is 0 Å². The molecule has 0 aliphatic carbocycles. The Balaban J connectivity index is 1.63. The van der Waals surface area contributed by atoms with E-state index in [0.717, 1.165) is 37.7 Å². The fourth-order valence-corrected chi connectivity index (χ4v) is 3.56. The van der Waals surface area contributed by atoms with Crippen LogP contribution in [0.25, 0.3) is 0 Å². The first-order valence-electron chi connectivity index (χ1n) is 8.53. The van der Waals surface area contributed by atoms with Crippen LogP contribution in [0.1, 0.15) is 28.8 Å². The summed E-state index contributed by atoms with van der Waals surface area (Å²) >= 11 is 0. The van der Waals surface area contributed by atoms with Crippen LogP contribution in [0.4, 0.5) is 0 Å². The summed E-state index contributed by atoms with van der Waals surface area (Å²) in [5.74, 6) is 2.09. The molecule has 0 saturated carbocycles. The average molecular weight is 318 g/mol. The fraction of sp³-hybridized carbons (Fsp3) is 0.300. The summed E-state index contributed by atoms with van der Waals surface area (Å²) in [5, 5.41) is 8.60. The second-order valence-corrected chi connectivity index (χ2v) is 6.40. The van der Waals surface area contributed by atoms with E-state index in [9.17, 15) is 0 Å². The molecule has 0 amide bonds. The van der Waals surface area contributed by atoms with Crippen LogP contribution in [0.5, 0.6) is 0 Å². The van der Waals surface area contributed by atoms with Gasteiger partial charge in [0.25, 0.3) is 0 Å². The molecular weight excluding hydrogens is 296 g/mol. The van der Waals surface area contributed by atoms with Crippen LogP contribution < -0.4 is 0 Å². The van der Waals surface area contributed by atoms with Gasteiger partial charge in [-0.1, -0.05) is 60.7 Å². The quantitative estimate of drug-likeness (QED) is 0.739. The zero-order valence-corrected chi connectivity index (χ0v) is 14.0. The Morgan fingerprint density at radius 3 is 2.38 bits per heavy atom. The first-order chi connectivity index (χ1) is 11.8. The van der Waals surface area contributed by atoms with Gasteiger partial charge in [0.1, 0.15) is 11.6 Å². The van der Waals surface area contributed by atoms with Crippen molar-refractivity contribution in [2.24, 2.45) is 0 Å². The van der Waals surface area contributed by atoms with Gasteiger partial charge < -0.3 is 4.57 Å². The standard InChI is InChI=1S/C20H22N4/c1-16-21-22-20-15-23(12-13-24(16)20)19(18-10-6-3-7-11-18)14-17-8-4-2-5-9-17/h2-11,19H,12-15H2,1H3. The fourth-order valence-electron chi connectivity index (χ4n) is 3.56. The number of benzene rings is 2. The molecule has 0 bridgehead atoms. The van der Waals surface area contributed by atoms with E-state index in [1.54, 1.807) is 0 Å². The molecule has 2 heterocycles. The van der Waals surface area contributed by atoms with Crippen molar-refractivity contribution >= 4 is 0 Å². The molecule has 24 heavy (non-hydrogen) atoms. The van der Waals surface area contributed by atoms with Crippen LogP contribution in [0.15, 0.2) is 60.7 Å². The lowest BCUT2D eigenvalue weighted by molar-refractivity contribution is 0.150. The molecular formula is C20H22N4. The molecule has 0 saturated heterocycles. The van der Waals surface area contributed by atoms with E-state index in [1.165, 1.54) is 11.1 Å². The highest BCUT2D eigenvalue weighted by atomic mass is 15.3. The summed E-state index contributed by atoms with van der Waals surface area (Å²) in [6, 6.07) is 21.9. The van der Waals surface area contributed by atoms with Crippen molar-refractivity contribution in [1.29, 1.82) is 0 Å². The Hall–Kier alpha value is -2.46. The van der Waals surface area contributed by atoms with E-state index in [-0.39, 0.29) is 0 Å². The lowest BCUT2D eigenvalue weighted by Gasteiger charge is -2.35. The van der Waals surface area contributed by atoms with E-state index >= 15 is 0 Å². The highest BCUT2D eigenvalue weighted by Gasteiger charge is 2.26. The Bertz CT molecular complexity index is 795. The molecule has 1 aromatic heterocycles. The van der Waals surface area contributed by atoms with Crippen LogP contribution in [0, 0.1) is 6.92 Å². The molecule has 1 aliphatic rings. The van der Waals surface area contributed by atoms with Crippen molar-refractivity contribution in [2.45, 2.75) is 32.5 Å². The zero-order valence-electron chi connectivity index (χ0n) is 14.0. The normalized spacial score (nSPS) is 15.9. The number of hydrogen-bond acceptors (Lipinski definition) is 3.